The largest absolute Gasteiger partial charge is 0.493 e. The Labute approximate surface area is 187 Å². The molecule has 0 unspecified atom stereocenters. The maximum Gasteiger partial charge on any atom is 0.191 e. The van der Waals surface area contributed by atoms with Crippen LogP contribution in [0.4, 0.5) is 0 Å². The Hall–Kier alpha value is -1.32. The highest BCUT2D eigenvalue weighted by Gasteiger charge is 2.11. The zero-order chi connectivity index (χ0) is 19.1. The van der Waals surface area contributed by atoms with Crippen molar-refractivity contribution in [1.82, 2.24) is 15.2 Å². The SMILES string of the molecule is CCNC(=NCc1cccc(OC)c1OC)NCc1cc(Cl)c(Cl)n1C.I. The van der Waals surface area contributed by atoms with Crippen molar-refractivity contribution in [1.29, 1.82) is 0 Å². The Morgan fingerprint density at radius 1 is 1.19 bits per heavy atom. The molecule has 0 bridgehead atoms. The zero-order valence-corrected chi connectivity index (χ0v) is 19.6. The number of nitrogens with zero attached hydrogens (tertiary/aromatic N) is 2. The average Bonchev–Trinajstić information content (AvgIpc) is 2.90. The number of hydrogen-bond acceptors (Lipinski definition) is 3. The van der Waals surface area contributed by atoms with Gasteiger partial charge in [-0.05, 0) is 19.1 Å². The van der Waals surface area contributed by atoms with Crippen LogP contribution in [-0.4, -0.2) is 31.3 Å². The van der Waals surface area contributed by atoms with E-state index in [1.165, 1.54) is 0 Å². The molecule has 150 valence electrons. The predicted molar refractivity (Wildman–Crippen MR) is 122 cm³/mol. The van der Waals surface area contributed by atoms with Crippen LogP contribution in [0.5, 0.6) is 11.5 Å². The number of aliphatic imine (C=N–C) groups is 1. The number of hydrogen-bond donors (Lipinski definition) is 2. The van der Waals surface area contributed by atoms with Crippen LogP contribution in [-0.2, 0) is 20.1 Å². The lowest BCUT2D eigenvalue weighted by atomic mass is 10.2. The molecule has 6 nitrogen and oxygen atoms in total. The van der Waals surface area contributed by atoms with E-state index in [0.29, 0.717) is 40.7 Å². The Kier molecular flexibility index (Phi) is 10.1. The third-order valence-electron chi connectivity index (χ3n) is 3.89. The summed E-state index contributed by atoms with van der Waals surface area (Å²) in [5, 5.41) is 7.56. The number of halogens is 3. The number of methoxy groups -OCH3 is 2. The van der Waals surface area contributed by atoms with Gasteiger partial charge < -0.3 is 24.7 Å². The molecule has 1 aromatic heterocycles. The van der Waals surface area contributed by atoms with Gasteiger partial charge in [-0.25, -0.2) is 4.99 Å². The van der Waals surface area contributed by atoms with Gasteiger partial charge in [-0.15, -0.1) is 24.0 Å². The second-order valence-electron chi connectivity index (χ2n) is 5.53. The summed E-state index contributed by atoms with van der Waals surface area (Å²) in [4.78, 5) is 4.63. The maximum atomic E-state index is 6.11. The van der Waals surface area contributed by atoms with Crippen LogP contribution in [0, 0.1) is 0 Å². The van der Waals surface area contributed by atoms with Gasteiger partial charge in [0.05, 0.1) is 32.3 Å². The fraction of sp³-hybridized carbons (Fsp3) is 0.389. The summed E-state index contributed by atoms with van der Waals surface area (Å²) in [5.41, 5.74) is 1.90. The number of aromatic nitrogens is 1. The van der Waals surface area contributed by atoms with Crippen LogP contribution in [0.3, 0.4) is 0 Å². The van der Waals surface area contributed by atoms with Crippen molar-refractivity contribution in [2.75, 3.05) is 20.8 Å². The number of nitrogens with one attached hydrogen (secondary N) is 2. The molecule has 2 rings (SSSR count). The van der Waals surface area contributed by atoms with Crippen molar-refractivity contribution in [2.24, 2.45) is 12.0 Å². The number of benzene rings is 1. The molecule has 0 atom stereocenters. The summed E-state index contributed by atoms with van der Waals surface area (Å²) >= 11 is 12.2. The third-order valence-corrected chi connectivity index (χ3v) is 4.73. The summed E-state index contributed by atoms with van der Waals surface area (Å²) < 4.78 is 12.6. The van der Waals surface area contributed by atoms with Gasteiger partial charge in [-0.3, -0.25) is 0 Å². The van der Waals surface area contributed by atoms with Gasteiger partial charge in [0.2, 0.25) is 0 Å². The van der Waals surface area contributed by atoms with Gasteiger partial charge in [-0.1, -0.05) is 35.3 Å². The fourth-order valence-electron chi connectivity index (χ4n) is 2.52. The highest BCUT2D eigenvalue weighted by molar-refractivity contribution is 14.0. The molecule has 2 aromatic rings. The molecule has 0 radical (unpaired) electrons. The molecule has 0 aliphatic heterocycles. The molecule has 0 spiro atoms. The first-order chi connectivity index (χ1) is 12.5. The number of ether oxygens (including phenoxy) is 2. The van der Waals surface area contributed by atoms with Crippen molar-refractivity contribution >= 4 is 53.1 Å². The third kappa shape index (κ3) is 6.08. The zero-order valence-electron chi connectivity index (χ0n) is 15.8. The number of rotatable bonds is 7. The molecule has 0 aliphatic carbocycles. The lowest BCUT2D eigenvalue weighted by Gasteiger charge is -2.14. The van der Waals surface area contributed by atoms with E-state index in [1.807, 2.05) is 42.8 Å². The Balaban J connectivity index is 0.00000364. The van der Waals surface area contributed by atoms with Crippen LogP contribution in [0.15, 0.2) is 29.3 Å². The minimum atomic E-state index is 0. The van der Waals surface area contributed by atoms with E-state index in [1.54, 1.807) is 14.2 Å². The number of guanidine groups is 1. The number of para-hydroxylation sites is 1. The summed E-state index contributed by atoms with van der Waals surface area (Å²) in [6, 6.07) is 7.58. The van der Waals surface area contributed by atoms with Gasteiger partial charge in [0.15, 0.2) is 17.5 Å². The molecule has 0 saturated carbocycles. The van der Waals surface area contributed by atoms with Crippen LogP contribution in [0.1, 0.15) is 18.2 Å². The van der Waals surface area contributed by atoms with Gasteiger partial charge in [0.25, 0.3) is 0 Å². The molecule has 0 aliphatic rings. The second kappa shape index (κ2) is 11.5. The van der Waals surface area contributed by atoms with E-state index in [-0.39, 0.29) is 24.0 Å². The van der Waals surface area contributed by atoms with E-state index in [9.17, 15) is 0 Å². The standard InChI is InChI=1S/C18H24Cl2N4O2.HI/c1-5-21-18(23-11-13-9-14(19)17(20)24(13)2)22-10-12-7-6-8-15(25-3)16(12)26-4;/h6-9H,5,10-11H2,1-4H3,(H2,21,22,23);1H. The first-order valence-electron chi connectivity index (χ1n) is 8.23. The van der Waals surface area contributed by atoms with Crippen molar-refractivity contribution in [3.05, 3.63) is 45.7 Å². The molecule has 9 heteroatoms. The summed E-state index contributed by atoms with van der Waals surface area (Å²) in [5.74, 6) is 2.06. The monoisotopic (exact) mass is 526 g/mol. The van der Waals surface area contributed by atoms with E-state index in [4.69, 9.17) is 32.7 Å². The molecular weight excluding hydrogens is 502 g/mol. The first-order valence-corrected chi connectivity index (χ1v) is 8.99. The Morgan fingerprint density at radius 2 is 1.93 bits per heavy atom. The lowest BCUT2D eigenvalue weighted by Crippen LogP contribution is -2.37. The van der Waals surface area contributed by atoms with E-state index < -0.39 is 0 Å². The summed E-state index contributed by atoms with van der Waals surface area (Å²) in [7, 11) is 5.11. The van der Waals surface area contributed by atoms with Gasteiger partial charge in [0, 0.05) is 24.8 Å². The van der Waals surface area contributed by atoms with Crippen LogP contribution >= 0.6 is 47.2 Å². The van der Waals surface area contributed by atoms with Crippen LogP contribution in [0.2, 0.25) is 10.2 Å². The van der Waals surface area contributed by atoms with Gasteiger partial charge >= 0.3 is 0 Å². The topological polar surface area (TPSA) is 59.8 Å². The predicted octanol–water partition coefficient (Wildman–Crippen LogP) is 4.22. The first kappa shape index (κ1) is 23.7. The van der Waals surface area contributed by atoms with Crippen LogP contribution in [0.25, 0.3) is 0 Å². The smallest absolute Gasteiger partial charge is 0.191 e. The van der Waals surface area contributed by atoms with E-state index in [2.05, 4.69) is 15.6 Å². The van der Waals surface area contributed by atoms with Gasteiger partial charge in [0.1, 0.15) is 5.15 Å². The molecule has 2 N–H and O–H groups in total. The summed E-state index contributed by atoms with van der Waals surface area (Å²) in [6.07, 6.45) is 0. The normalized spacial score (nSPS) is 11.0. The molecule has 0 fully saturated rings. The molecule has 1 heterocycles. The minimum Gasteiger partial charge on any atom is -0.493 e. The molecule has 1 aromatic carbocycles. The second-order valence-corrected chi connectivity index (χ2v) is 6.30. The van der Waals surface area contributed by atoms with Crippen molar-refractivity contribution in [3.63, 3.8) is 0 Å². The maximum absolute atomic E-state index is 6.11. The minimum absolute atomic E-state index is 0. The highest BCUT2D eigenvalue weighted by Crippen LogP contribution is 2.31. The van der Waals surface area contributed by atoms with Crippen molar-refractivity contribution in [2.45, 2.75) is 20.0 Å². The molecule has 27 heavy (non-hydrogen) atoms. The Morgan fingerprint density at radius 3 is 2.48 bits per heavy atom. The quantitative estimate of drug-likeness (QED) is 0.322. The Bertz CT molecular complexity index is 781. The fourth-order valence-corrected chi connectivity index (χ4v) is 2.93. The molecule has 0 amide bonds. The van der Waals surface area contributed by atoms with E-state index in [0.717, 1.165) is 17.8 Å². The average molecular weight is 527 g/mol. The molecule has 0 saturated heterocycles. The van der Waals surface area contributed by atoms with Crippen molar-refractivity contribution < 1.29 is 9.47 Å². The molecular formula is C18H25Cl2IN4O2. The lowest BCUT2D eigenvalue weighted by molar-refractivity contribution is 0.352. The van der Waals surface area contributed by atoms with E-state index >= 15 is 0 Å². The summed E-state index contributed by atoms with van der Waals surface area (Å²) in [6.45, 7) is 3.75. The highest BCUT2D eigenvalue weighted by atomic mass is 127. The van der Waals surface area contributed by atoms with Crippen LogP contribution < -0.4 is 20.1 Å². The van der Waals surface area contributed by atoms with Crippen molar-refractivity contribution in [3.8, 4) is 11.5 Å². The van der Waals surface area contributed by atoms with Gasteiger partial charge in [-0.2, -0.15) is 0 Å².